The number of aryl methyl sites for hydroxylation is 1. The van der Waals surface area contributed by atoms with E-state index in [-0.39, 0.29) is 4.90 Å². The zero-order valence-corrected chi connectivity index (χ0v) is 15.9. The monoisotopic (exact) mass is 399 g/mol. The number of rotatable bonds is 6. The Bertz CT molecular complexity index is 836. The number of aliphatic hydroxyl groups is 1. The van der Waals surface area contributed by atoms with Gasteiger partial charge in [-0.2, -0.15) is 8.42 Å². The summed E-state index contributed by atoms with van der Waals surface area (Å²) in [5, 5.41) is 14.0. The Balaban J connectivity index is 1.70. The molecule has 27 heavy (non-hydrogen) atoms. The average Bonchev–Trinajstić information content (AvgIpc) is 3.05. The van der Waals surface area contributed by atoms with Gasteiger partial charge in [-0.1, -0.05) is 22.8 Å². The molecule has 2 saturated heterocycles. The second-order valence-electron chi connectivity index (χ2n) is 6.88. The Morgan fingerprint density at radius 1 is 1.33 bits per heavy atom. The summed E-state index contributed by atoms with van der Waals surface area (Å²) in [4.78, 5) is 2.68. The van der Waals surface area contributed by atoms with Crippen LogP contribution < -0.4 is 0 Å². The van der Waals surface area contributed by atoms with Crippen LogP contribution in [-0.4, -0.2) is 56.6 Å². The molecule has 1 N–H and O–H groups in total. The molecule has 0 aromatic heterocycles. The Hall–Kier alpha value is -1.72. The van der Waals surface area contributed by atoms with Crippen LogP contribution in [0.15, 0.2) is 34.3 Å². The Morgan fingerprint density at radius 2 is 2.00 bits per heavy atom. The van der Waals surface area contributed by atoms with Crippen LogP contribution in [-0.2, 0) is 28.5 Å². The molecule has 2 heterocycles. The van der Waals surface area contributed by atoms with Gasteiger partial charge in [0.15, 0.2) is 12.1 Å². The van der Waals surface area contributed by atoms with Crippen LogP contribution in [0.1, 0.15) is 19.4 Å². The predicted octanol–water partition coefficient (Wildman–Crippen LogP) is 1.62. The van der Waals surface area contributed by atoms with E-state index in [1.807, 2.05) is 6.92 Å². The van der Waals surface area contributed by atoms with Crippen molar-refractivity contribution in [2.75, 3.05) is 6.61 Å². The minimum atomic E-state index is -4.06. The van der Waals surface area contributed by atoms with Crippen molar-refractivity contribution in [3.63, 3.8) is 0 Å². The van der Waals surface area contributed by atoms with Gasteiger partial charge in [0.05, 0.1) is 17.5 Å². The highest BCUT2D eigenvalue weighted by molar-refractivity contribution is 7.86. The van der Waals surface area contributed by atoms with E-state index < -0.39 is 53.2 Å². The summed E-state index contributed by atoms with van der Waals surface area (Å²) >= 11 is 0. The van der Waals surface area contributed by atoms with E-state index in [1.165, 1.54) is 12.1 Å². The van der Waals surface area contributed by atoms with Gasteiger partial charge in [0, 0.05) is 4.91 Å². The maximum Gasteiger partial charge on any atom is 0.296 e. The largest absolute Gasteiger partial charge is 0.387 e. The minimum Gasteiger partial charge on any atom is -0.387 e. The molecule has 11 heteroatoms. The maximum absolute atomic E-state index is 12.3. The van der Waals surface area contributed by atoms with Gasteiger partial charge in [-0.25, -0.2) is 0 Å². The summed E-state index contributed by atoms with van der Waals surface area (Å²) in [7, 11) is -4.06. The molecule has 5 atom stereocenters. The summed E-state index contributed by atoms with van der Waals surface area (Å²) in [5.74, 6) is -0.916. The van der Waals surface area contributed by atoms with E-state index in [0.29, 0.717) is 0 Å². The lowest BCUT2D eigenvalue weighted by atomic mass is 10.1. The molecule has 2 aliphatic heterocycles. The normalized spacial score (nSPS) is 30.5. The van der Waals surface area contributed by atoms with Crippen molar-refractivity contribution >= 4 is 10.1 Å². The third-order valence-corrected chi connectivity index (χ3v) is 5.63. The van der Waals surface area contributed by atoms with E-state index in [9.17, 15) is 13.5 Å². The molecular weight excluding hydrogens is 378 g/mol. The van der Waals surface area contributed by atoms with Gasteiger partial charge < -0.3 is 19.3 Å². The highest BCUT2D eigenvalue weighted by atomic mass is 32.2. The second-order valence-corrected chi connectivity index (χ2v) is 8.50. The van der Waals surface area contributed by atoms with Crippen LogP contribution in [0.5, 0.6) is 0 Å². The molecule has 0 bridgehead atoms. The molecule has 0 saturated carbocycles. The molecule has 0 amide bonds. The molecule has 10 nitrogen and oxygen atoms in total. The highest BCUT2D eigenvalue weighted by Crippen LogP contribution is 2.38. The maximum atomic E-state index is 12.3. The van der Waals surface area contributed by atoms with Gasteiger partial charge in [0.1, 0.15) is 18.3 Å². The van der Waals surface area contributed by atoms with Crippen LogP contribution in [0.3, 0.4) is 0 Å². The van der Waals surface area contributed by atoms with Crippen LogP contribution >= 0.6 is 0 Å². The van der Waals surface area contributed by atoms with E-state index in [0.717, 1.165) is 5.56 Å². The molecule has 1 aromatic carbocycles. The number of benzene rings is 1. The molecule has 0 radical (unpaired) electrons. The van der Waals surface area contributed by atoms with Crippen molar-refractivity contribution in [2.24, 2.45) is 5.11 Å². The van der Waals surface area contributed by atoms with E-state index in [2.05, 4.69) is 10.0 Å². The number of aliphatic hydroxyl groups excluding tert-OH is 1. The lowest BCUT2D eigenvalue weighted by Crippen LogP contribution is -2.42. The van der Waals surface area contributed by atoms with E-state index >= 15 is 0 Å². The van der Waals surface area contributed by atoms with Crippen molar-refractivity contribution in [1.82, 2.24) is 0 Å². The molecule has 0 aliphatic carbocycles. The lowest BCUT2D eigenvalue weighted by molar-refractivity contribution is -0.217. The fraction of sp³-hybridized carbons (Fsp3) is 0.625. The number of hydrogen-bond donors (Lipinski definition) is 1. The molecule has 3 rings (SSSR count). The van der Waals surface area contributed by atoms with Crippen LogP contribution in [0, 0.1) is 6.92 Å². The summed E-state index contributed by atoms with van der Waals surface area (Å²) in [6, 6.07) is 5.03. The molecule has 0 unspecified atom stereocenters. The zero-order chi connectivity index (χ0) is 19.8. The Morgan fingerprint density at radius 3 is 2.59 bits per heavy atom. The Labute approximate surface area is 156 Å². The third-order valence-electron chi connectivity index (χ3n) is 4.34. The number of fused-ring (bicyclic) bond motifs is 1. The van der Waals surface area contributed by atoms with Gasteiger partial charge in [0.25, 0.3) is 10.1 Å². The second kappa shape index (κ2) is 7.36. The highest BCUT2D eigenvalue weighted by Gasteiger charge is 2.56. The molecule has 2 fully saturated rings. The van der Waals surface area contributed by atoms with E-state index in [4.69, 9.17) is 23.9 Å². The quantitative estimate of drug-likeness (QED) is 0.332. The van der Waals surface area contributed by atoms with Gasteiger partial charge in [0.2, 0.25) is 0 Å². The SMILES string of the molecule is Cc1ccc(S(=O)(=O)OC[C@@H](N=[N+]=[N-])[C@H]2O[C@@H]3OC(C)(C)O[C@@H]3[C@H]2O)cc1. The summed E-state index contributed by atoms with van der Waals surface area (Å²) in [6.45, 7) is 4.69. The minimum absolute atomic E-state index is 0.0223. The van der Waals surface area contributed by atoms with Crippen molar-refractivity contribution in [1.29, 1.82) is 0 Å². The van der Waals surface area contributed by atoms with Crippen LogP contribution in [0.2, 0.25) is 0 Å². The number of nitrogens with zero attached hydrogens (tertiary/aromatic N) is 3. The summed E-state index contributed by atoms with van der Waals surface area (Å²) < 4.78 is 46.4. The first kappa shape index (κ1) is 20.0. The van der Waals surface area contributed by atoms with Gasteiger partial charge >= 0.3 is 0 Å². The number of ether oxygens (including phenoxy) is 3. The molecule has 148 valence electrons. The van der Waals surface area contributed by atoms with Gasteiger partial charge in [-0.3, -0.25) is 4.18 Å². The first-order chi connectivity index (χ1) is 12.6. The van der Waals surface area contributed by atoms with Crippen molar-refractivity contribution in [3.05, 3.63) is 40.3 Å². The average molecular weight is 399 g/mol. The summed E-state index contributed by atoms with van der Waals surface area (Å²) in [5.41, 5.74) is 9.70. The van der Waals surface area contributed by atoms with Crippen LogP contribution in [0.4, 0.5) is 0 Å². The molecule has 1 aromatic rings. The number of hydrogen-bond acceptors (Lipinski definition) is 8. The molecular formula is C16H21N3O7S. The van der Waals surface area contributed by atoms with Crippen molar-refractivity contribution < 1.29 is 31.9 Å². The van der Waals surface area contributed by atoms with E-state index in [1.54, 1.807) is 26.0 Å². The molecule has 0 spiro atoms. The standard InChI is InChI=1S/C16H21N3O7S/c1-9-4-6-10(7-5-9)27(21,22)23-8-11(18-19-17)13-12(20)14-15(24-13)26-16(2,3)25-14/h4-7,11-15,20H,8H2,1-3H3/t11-,12+,13-,14-,15-/m1/s1. The Kier molecular flexibility index (Phi) is 5.46. The van der Waals surface area contributed by atoms with Crippen molar-refractivity contribution in [2.45, 2.75) is 62.1 Å². The first-order valence-corrected chi connectivity index (χ1v) is 9.73. The first-order valence-electron chi connectivity index (χ1n) is 8.32. The van der Waals surface area contributed by atoms with Gasteiger partial charge in [-0.05, 0) is 38.4 Å². The third kappa shape index (κ3) is 4.25. The summed E-state index contributed by atoms with van der Waals surface area (Å²) in [6.07, 6.45) is -3.81. The van der Waals surface area contributed by atoms with Crippen molar-refractivity contribution in [3.8, 4) is 0 Å². The molecule has 2 aliphatic rings. The fourth-order valence-corrected chi connectivity index (χ4v) is 3.95. The topological polar surface area (TPSA) is 140 Å². The van der Waals surface area contributed by atoms with Crippen LogP contribution in [0.25, 0.3) is 10.4 Å². The fourth-order valence-electron chi connectivity index (χ4n) is 3.03. The zero-order valence-electron chi connectivity index (χ0n) is 15.0. The number of azide groups is 1. The van der Waals surface area contributed by atoms with Gasteiger partial charge in [-0.15, -0.1) is 0 Å². The smallest absolute Gasteiger partial charge is 0.296 e. The predicted molar refractivity (Wildman–Crippen MR) is 92.0 cm³/mol. The lowest BCUT2D eigenvalue weighted by Gasteiger charge is -2.26.